The molecule has 0 N–H and O–H groups in total. The zero-order chi connectivity index (χ0) is 21.1. The predicted molar refractivity (Wildman–Crippen MR) is 126 cm³/mol. The Labute approximate surface area is 179 Å². The number of benzene rings is 3. The first-order valence-electron chi connectivity index (χ1n) is 9.87. The van der Waals surface area contributed by atoms with E-state index in [0.29, 0.717) is 11.3 Å². The third kappa shape index (κ3) is 8.00. The van der Waals surface area contributed by atoms with Gasteiger partial charge in [-0.3, -0.25) is 0 Å². The number of aryl methyl sites for hydroxylation is 1. The summed E-state index contributed by atoms with van der Waals surface area (Å²) >= 11 is 4.27. The zero-order valence-corrected chi connectivity index (χ0v) is 18.2. The summed E-state index contributed by atoms with van der Waals surface area (Å²) in [6.45, 7) is 6.35. The van der Waals surface area contributed by atoms with Crippen LogP contribution in [0.5, 0.6) is 5.75 Å². The van der Waals surface area contributed by atoms with E-state index in [4.69, 9.17) is 4.74 Å². The summed E-state index contributed by atoms with van der Waals surface area (Å²) in [5.41, 5.74) is 3.76. The normalized spacial score (nSPS) is 10.3. The number of rotatable bonds is 5. The van der Waals surface area contributed by atoms with Crippen LogP contribution in [0, 0.1) is 6.92 Å². The number of thiol groups is 1. The molecule has 0 amide bonds. The summed E-state index contributed by atoms with van der Waals surface area (Å²) in [6, 6.07) is 22.7. The Morgan fingerprint density at radius 1 is 0.793 bits per heavy atom. The Morgan fingerprint density at radius 2 is 1.28 bits per heavy atom. The van der Waals surface area contributed by atoms with E-state index in [1.807, 2.05) is 67.6 Å². The predicted octanol–water partition coefficient (Wildman–Crippen LogP) is 7.48. The van der Waals surface area contributed by atoms with Gasteiger partial charge in [-0.2, -0.15) is 0 Å². The van der Waals surface area contributed by atoms with Crippen LogP contribution in [0.3, 0.4) is 0 Å². The number of hydrogen-bond donors (Lipinski definition) is 1. The Kier molecular flexibility index (Phi) is 9.26. The van der Waals surface area contributed by atoms with Crippen LogP contribution < -0.4 is 4.74 Å². The lowest BCUT2D eigenvalue weighted by Crippen LogP contribution is -2.08. The fraction of sp³-hybridized carbons (Fsp3) is 0.192. The van der Waals surface area contributed by atoms with Gasteiger partial charge in [-0.15, -0.1) is 12.6 Å². The number of ether oxygens (including phenoxy) is 1. The molecule has 0 heterocycles. The van der Waals surface area contributed by atoms with Gasteiger partial charge in [0.05, 0.1) is 5.56 Å². The minimum absolute atomic E-state index is 0.358. The van der Waals surface area contributed by atoms with Gasteiger partial charge in [0.1, 0.15) is 5.75 Å². The van der Waals surface area contributed by atoms with Gasteiger partial charge in [0.25, 0.3) is 0 Å². The molecule has 0 fully saturated rings. The van der Waals surface area contributed by atoms with Crippen LogP contribution >= 0.6 is 12.6 Å². The number of unbranched alkanes of at least 4 members (excludes halogenated alkanes) is 1. The maximum absolute atomic E-state index is 12.2. The molecule has 0 saturated heterocycles. The van der Waals surface area contributed by atoms with Crippen molar-refractivity contribution in [1.29, 1.82) is 0 Å². The summed E-state index contributed by atoms with van der Waals surface area (Å²) in [5.74, 6) is 0.191. The third-order valence-electron chi connectivity index (χ3n) is 4.24. The number of hydrogen-bond acceptors (Lipinski definition) is 3. The monoisotopic (exact) mass is 404 g/mol. The average Bonchev–Trinajstić information content (AvgIpc) is 2.75. The lowest BCUT2D eigenvalue weighted by molar-refractivity contribution is 0.0734. The highest BCUT2D eigenvalue weighted by atomic mass is 32.1. The molecule has 0 aliphatic heterocycles. The van der Waals surface area contributed by atoms with Crippen molar-refractivity contribution in [3.63, 3.8) is 0 Å². The second-order valence-corrected chi connectivity index (χ2v) is 7.27. The van der Waals surface area contributed by atoms with E-state index < -0.39 is 0 Å². The number of esters is 1. The van der Waals surface area contributed by atoms with Gasteiger partial charge in [0.2, 0.25) is 0 Å². The Bertz CT molecular complexity index is 906. The van der Waals surface area contributed by atoms with Crippen LogP contribution in [0.4, 0.5) is 0 Å². The second kappa shape index (κ2) is 11.9. The fourth-order valence-corrected chi connectivity index (χ4v) is 2.43. The van der Waals surface area contributed by atoms with Crippen LogP contribution in [-0.4, -0.2) is 5.97 Å². The standard InChI is InChI=1S/C22H18O2S.C4H10/c1-16-2-12-20(13-3-16)24-22(23)19-10-6-17(7-11-19)4-5-18-8-14-21(25)15-9-18;1-3-4-2/h2-15,25H,1H3;3-4H2,1-2H3/b5-4+;. The number of carbonyl (C=O) groups is 1. The second-order valence-electron chi connectivity index (χ2n) is 6.75. The lowest BCUT2D eigenvalue weighted by Gasteiger charge is -2.05. The molecule has 0 spiro atoms. The van der Waals surface area contributed by atoms with E-state index >= 15 is 0 Å². The van der Waals surface area contributed by atoms with Crippen LogP contribution in [0.25, 0.3) is 12.2 Å². The first-order valence-corrected chi connectivity index (χ1v) is 10.3. The van der Waals surface area contributed by atoms with Crippen LogP contribution in [-0.2, 0) is 0 Å². The van der Waals surface area contributed by atoms with Crippen molar-refractivity contribution in [2.75, 3.05) is 0 Å². The summed E-state index contributed by atoms with van der Waals surface area (Å²) in [5, 5.41) is 0. The molecule has 0 atom stereocenters. The molecule has 0 bridgehead atoms. The molecule has 0 aliphatic rings. The van der Waals surface area contributed by atoms with Gasteiger partial charge in [0, 0.05) is 4.90 Å². The molecule has 3 aromatic carbocycles. The minimum Gasteiger partial charge on any atom is -0.423 e. The highest BCUT2D eigenvalue weighted by Gasteiger charge is 2.07. The largest absolute Gasteiger partial charge is 0.423 e. The lowest BCUT2D eigenvalue weighted by atomic mass is 10.1. The van der Waals surface area contributed by atoms with E-state index in [2.05, 4.69) is 26.5 Å². The summed E-state index contributed by atoms with van der Waals surface area (Å²) in [4.78, 5) is 13.1. The van der Waals surface area contributed by atoms with Gasteiger partial charge >= 0.3 is 5.97 Å². The van der Waals surface area contributed by atoms with E-state index in [9.17, 15) is 4.79 Å². The van der Waals surface area contributed by atoms with Gasteiger partial charge in [-0.05, 0) is 54.4 Å². The van der Waals surface area contributed by atoms with E-state index in [-0.39, 0.29) is 5.97 Å². The smallest absolute Gasteiger partial charge is 0.343 e. The van der Waals surface area contributed by atoms with Crippen molar-refractivity contribution < 1.29 is 9.53 Å². The van der Waals surface area contributed by atoms with Gasteiger partial charge in [0.15, 0.2) is 0 Å². The minimum atomic E-state index is -0.358. The molecule has 0 aliphatic carbocycles. The van der Waals surface area contributed by atoms with Crippen molar-refractivity contribution in [3.8, 4) is 5.75 Å². The number of carbonyl (C=O) groups excluding carboxylic acids is 1. The highest BCUT2D eigenvalue weighted by molar-refractivity contribution is 7.80. The van der Waals surface area contributed by atoms with Crippen LogP contribution in [0.15, 0.2) is 77.7 Å². The Balaban J connectivity index is 0.000000687. The SMILES string of the molecule is CCCC.Cc1ccc(OC(=O)c2ccc(/C=C/c3ccc(S)cc3)cc2)cc1. The van der Waals surface area contributed by atoms with Crippen LogP contribution in [0.1, 0.15) is 53.7 Å². The van der Waals surface area contributed by atoms with Crippen molar-refractivity contribution in [2.45, 2.75) is 38.5 Å². The first-order chi connectivity index (χ1) is 14.0. The van der Waals surface area contributed by atoms with Crippen molar-refractivity contribution in [2.24, 2.45) is 0 Å². The summed E-state index contributed by atoms with van der Waals surface area (Å²) < 4.78 is 5.37. The van der Waals surface area contributed by atoms with Gasteiger partial charge < -0.3 is 4.74 Å². The molecule has 0 unspecified atom stereocenters. The molecular weight excluding hydrogens is 376 g/mol. The van der Waals surface area contributed by atoms with E-state index in [1.165, 1.54) is 12.8 Å². The molecule has 0 saturated carbocycles. The molecule has 3 heteroatoms. The third-order valence-corrected chi connectivity index (χ3v) is 4.54. The first kappa shape index (κ1) is 22.5. The Morgan fingerprint density at radius 3 is 1.76 bits per heavy atom. The highest BCUT2D eigenvalue weighted by Crippen LogP contribution is 2.16. The summed E-state index contributed by atoms with van der Waals surface area (Å²) in [6.07, 6.45) is 6.66. The summed E-state index contributed by atoms with van der Waals surface area (Å²) in [7, 11) is 0. The molecule has 3 rings (SSSR count). The molecule has 29 heavy (non-hydrogen) atoms. The fourth-order valence-electron chi connectivity index (χ4n) is 2.28. The van der Waals surface area contributed by atoms with Crippen molar-refractivity contribution >= 4 is 30.8 Å². The zero-order valence-electron chi connectivity index (χ0n) is 17.3. The molecule has 2 nitrogen and oxygen atoms in total. The molecule has 0 aromatic heterocycles. The van der Waals surface area contributed by atoms with Crippen LogP contribution in [0.2, 0.25) is 0 Å². The van der Waals surface area contributed by atoms with Crippen molar-refractivity contribution in [1.82, 2.24) is 0 Å². The van der Waals surface area contributed by atoms with Gasteiger partial charge in [-0.25, -0.2) is 4.79 Å². The average molecular weight is 405 g/mol. The molecule has 0 radical (unpaired) electrons. The molecular formula is C26H28O2S. The maximum Gasteiger partial charge on any atom is 0.343 e. The van der Waals surface area contributed by atoms with E-state index in [0.717, 1.165) is 21.6 Å². The molecule has 3 aromatic rings. The molecule has 150 valence electrons. The quantitative estimate of drug-likeness (QED) is 0.206. The maximum atomic E-state index is 12.2. The topological polar surface area (TPSA) is 26.3 Å². The van der Waals surface area contributed by atoms with Gasteiger partial charge in [-0.1, -0.05) is 80.8 Å². The Hall–Kier alpha value is -2.78. The van der Waals surface area contributed by atoms with E-state index in [1.54, 1.807) is 24.3 Å². The van der Waals surface area contributed by atoms with Crippen molar-refractivity contribution in [3.05, 3.63) is 95.1 Å².